The zero-order valence-electron chi connectivity index (χ0n) is 12.0. The minimum atomic E-state index is -0.126. The number of carbonyl (C=O) groups excluding carboxylic acids is 1. The molecule has 0 radical (unpaired) electrons. The van der Waals surface area contributed by atoms with Gasteiger partial charge in [0.05, 0.1) is 12.2 Å². The number of aromatic amines is 1. The molecule has 0 bridgehead atoms. The van der Waals surface area contributed by atoms with Crippen molar-refractivity contribution in [3.05, 3.63) is 40.9 Å². The fraction of sp³-hybridized carbons (Fsp3) is 0.467. The van der Waals surface area contributed by atoms with Crippen LogP contribution < -0.4 is 5.32 Å². The number of hydrogen-bond donors (Lipinski definition) is 3. The summed E-state index contributed by atoms with van der Waals surface area (Å²) in [5, 5.41) is 11.8. The first-order valence-corrected chi connectivity index (χ1v) is 7.16. The van der Waals surface area contributed by atoms with Crippen molar-refractivity contribution in [1.82, 2.24) is 15.3 Å². The Bertz CT molecular complexity index is 644. The molecule has 112 valence electrons. The third kappa shape index (κ3) is 3.00. The maximum absolute atomic E-state index is 12.2. The molecule has 0 fully saturated rings. The number of carbonyl (C=O) groups is 1. The Balaban J connectivity index is 1.56. The van der Waals surface area contributed by atoms with E-state index < -0.39 is 0 Å². The summed E-state index contributed by atoms with van der Waals surface area (Å²) in [7, 11) is 0. The number of nitrogens with zero attached hydrogens (tertiary/aromatic N) is 1. The molecular weight excluding hydrogens is 270 g/mol. The normalized spacial score (nSPS) is 17.5. The lowest BCUT2D eigenvalue weighted by molar-refractivity contribution is -0.125. The number of amides is 1. The summed E-state index contributed by atoms with van der Waals surface area (Å²) in [5.74, 6) is 2.09. The van der Waals surface area contributed by atoms with Crippen LogP contribution in [0.5, 0.6) is 0 Å². The summed E-state index contributed by atoms with van der Waals surface area (Å²) < 4.78 is 5.35. The Labute approximate surface area is 122 Å². The van der Waals surface area contributed by atoms with E-state index in [-0.39, 0.29) is 18.4 Å². The number of imidazole rings is 1. The largest absolute Gasteiger partial charge is 0.462 e. The number of aliphatic hydroxyl groups is 1. The highest BCUT2D eigenvalue weighted by molar-refractivity contribution is 5.79. The van der Waals surface area contributed by atoms with Crippen molar-refractivity contribution in [2.75, 3.05) is 0 Å². The minimum absolute atomic E-state index is 0.0235. The molecule has 3 rings (SSSR count). The SMILES string of the molecule is Cc1nc2c([nH]1)CC(C(=O)NCc1ccc(CO)o1)CC2. The first-order chi connectivity index (χ1) is 10.2. The van der Waals surface area contributed by atoms with E-state index >= 15 is 0 Å². The second-order valence-electron chi connectivity index (χ2n) is 5.43. The van der Waals surface area contributed by atoms with Crippen LogP contribution in [0.25, 0.3) is 0 Å². The predicted molar refractivity (Wildman–Crippen MR) is 75.3 cm³/mol. The maximum atomic E-state index is 12.2. The van der Waals surface area contributed by atoms with E-state index in [9.17, 15) is 4.79 Å². The van der Waals surface area contributed by atoms with Crippen LogP contribution in [0.15, 0.2) is 16.5 Å². The average Bonchev–Trinajstić information content (AvgIpc) is 3.08. The van der Waals surface area contributed by atoms with Gasteiger partial charge < -0.3 is 19.8 Å². The Hall–Kier alpha value is -2.08. The van der Waals surface area contributed by atoms with Gasteiger partial charge in [0.1, 0.15) is 24.0 Å². The van der Waals surface area contributed by atoms with E-state index in [1.807, 2.05) is 6.92 Å². The molecule has 6 heteroatoms. The molecule has 1 amide bonds. The summed E-state index contributed by atoms with van der Waals surface area (Å²) in [5.41, 5.74) is 2.18. The van der Waals surface area contributed by atoms with Gasteiger partial charge in [0.25, 0.3) is 0 Å². The Morgan fingerprint density at radius 2 is 2.33 bits per heavy atom. The third-order valence-corrected chi connectivity index (χ3v) is 3.84. The van der Waals surface area contributed by atoms with Gasteiger partial charge in [-0.3, -0.25) is 4.79 Å². The Kier molecular flexibility index (Phi) is 3.79. The number of H-pyrrole nitrogens is 1. The predicted octanol–water partition coefficient (Wildman–Crippen LogP) is 1.22. The van der Waals surface area contributed by atoms with Crippen LogP contribution in [0, 0.1) is 12.8 Å². The first-order valence-electron chi connectivity index (χ1n) is 7.16. The van der Waals surface area contributed by atoms with E-state index in [0.29, 0.717) is 24.5 Å². The molecule has 2 aromatic heterocycles. The van der Waals surface area contributed by atoms with Crippen molar-refractivity contribution in [3.63, 3.8) is 0 Å². The highest BCUT2D eigenvalue weighted by Gasteiger charge is 2.26. The highest BCUT2D eigenvalue weighted by atomic mass is 16.4. The zero-order valence-corrected chi connectivity index (χ0v) is 12.0. The van der Waals surface area contributed by atoms with Crippen LogP contribution in [-0.4, -0.2) is 21.0 Å². The first kappa shape index (κ1) is 13.9. The molecular formula is C15H19N3O3. The van der Waals surface area contributed by atoms with Crippen molar-refractivity contribution in [3.8, 4) is 0 Å². The minimum Gasteiger partial charge on any atom is -0.462 e. The van der Waals surface area contributed by atoms with Gasteiger partial charge in [-0.05, 0) is 31.9 Å². The van der Waals surface area contributed by atoms with Crippen molar-refractivity contribution in [2.24, 2.45) is 5.92 Å². The topological polar surface area (TPSA) is 91.2 Å². The number of nitrogens with one attached hydrogen (secondary N) is 2. The molecule has 0 aliphatic heterocycles. The van der Waals surface area contributed by atoms with Gasteiger partial charge in [-0.2, -0.15) is 0 Å². The van der Waals surface area contributed by atoms with Crippen LogP contribution in [0.3, 0.4) is 0 Å². The van der Waals surface area contributed by atoms with Crippen molar-refractivity contribution >= 4 is 5.91 Å². The quantitative estimate of drug-likeness (QED) is 0.789. The molecule has 1 unspecified atom stereocenters. The number of furan rings is 1. The number of hydrogen-bond acceptors (Lipinski definition) is 4. The molecule has 1 aliphatic rings. The lowest BCUT2D eigenvalue weighted by Gasteiger charge is -2.20. The van der Waals surface area contributed by atoms with E-state index in [1.165, 1.54) is 0 Å². The van der Waals surface area contributed by atoms with Crippen LogP contribution in [-0.2, 0) is 30.8 Å². The lowest BCUT2D eigenvalue weighted by Crippen LogP contribution is -2.33. The fourth-order valence-corrected chi connectivity index (χ4v) is 2.77. The van der Waals surface area contributed by atoms with Crippen LogP contribution in [0.4, 0.5) is 0 Å². The molecule has 0 saturated carbocycles. The second-order valence-corrected chi connectivity index (χ2v) is 5.43. The fourth-order valence-electron chi connectivity index (χ4n) is 2.77. The van der Waals surface area contributed by atoms with Gasteiger partial charge in [0, 0.05) is 18.0 Å². The van der Waals surface area contributed by atoms with E-state index in [1.54, 1.807) is 12.1 Å². The van der Waals surface area contributed by atoms with Gasteiger partial charge >= 0.3 is 0 Å². The smallest absolute Gasteiger partial charge is 0.223 e. The summed E-state index contributed by atoms with van der Waals surface area (Å²) >= 11 is 0. The van der Waals surface area contributed by atoms with E-state index in [4.69, 9.17) is 9.52 Å². The molecule has 1 aliphatic carbocycles. The number of aryl methyl sites for hydroxylation is 2. The van der Waals surface area contributed by atoms with E-state index in [2.05, 4.69) is 15.3 Å². The Morgan fingerprint density at radius 1 is 1.52 bits per heavy atom. The van der Waals surface area contributed by atoms with Crippen molar-refractivity contribution < 1.29 is 14.3 Å². The van der Waals surface area contributed by atoms with Crippen LogP contribution in [0.1, 0.15) is 35.2 Å². The van der Waals surface area contributed by atoms with Crippen molar-refractivity contribution in [1.29, 1.82) is 0 Å². The monoisotopic (exact) mass is 289 g/mol. The molecule has 21 heavy (non-hydrogen) atoms. The summed E-state index contributed by atoms with van der Waals surface area (Å²) in [6.45, 7) is 2.16. The molecule has 1 atom stereocenters. The molecule has 2 aromatic rings. The lowest BCUT2D eigenvalue weighted by atomic mass is 9.89. The van der Waals surface area contributed by atoms with Crippen LogP contribution in [0.2, 0.25) is 0 Å². The molecule has 0 aromatic carbocycles. The molecule has 0 spiro atoms. The van der Waals surface area contributed by atoms with Gasteiger partial charge in [-0.1, -0.05) is 0 Å². The van der Waals surface area contributed by atoms with Crippen molar-refractivity contribution in [2.45, 2.75) is 39.3 Å². The maximum Gasteiger partial charge on any atom is 0.223 e. The summed E-state index contributed by atoms with van der Waals surface area (Å²) in [4.78, 5) is 19.9. The molecule has 0 saturated heterocycles. The van der Waals surface area contributed by atoms with Gasteiger partial charge in [-0.15, -0.1) is 0 Å². The van der Waals surface area contributed by atoms with Gasteiger partial charge in [-0.25, -0.2) is 4.98 Å². The Morgan fingerprint density at radius 3 is 3.10 bits per heavy atom. The molecule has 2 heterocycles. The number of fused-ring (bicyclic) bond motifs is 1. The highest BCUT2D eigenvalue weighted by Crippen LogP contribution is 2.24. The second kappa shape index (κ2) is 5.73. The zero-order chi connectivity index (χ0) is 14.8. The molecule has 6 nitrogen and oxygen atoms in total. The summed E-state index contributed by atoms with van der Waals surface area (Å²) in [6, 6.07) is 3.48. The standard InChI is InChI=1S/C15H19N3O3/c1-9-17-13-5-2-10(6-14(13)18-9)15(20)16-7-11-3-4-12(8-19)21-11/h3-4,10,19H,2,5-8H2,1H3,(H,16,20)(H,17,18). The number of rotatable bonds is 4. The third-order valence-electron chi connectivity index (χ3n) is 3.84. The van der Waals surface area contributed by atoms with Gasteiger partial charge in [0.15, 0.2) is 0 Å². The van der Waals surface area contributed by atoms with E-state index in [0.717, 1.165) is 30.1 Å². The molecule has 3 N–H and O–H groups in total. The van der Waals surface area contributed by atoms with Gasteiger partial charge in [0.2, 0.25) is 5.91 Å². The number of aromatic nitrogens is 2. The number of aliphatic hydroxyl groups excluding tert-OH is 1. The van der Waals surface area contributed by atoms with Crippen LogP contribution >= 0.6 is 0 Å². The average molecular weight is 289 g/mol. The summed E-state index contributed by atoms with van der Waals surface area (Å²) in [6.07, 6.45) is 2.37.